The Bertz CT molecular complexity index is 397. The van der Waals surface area contributed by atoms with Crippen molar-refractivity contribution in [3.05, 3.63) is 35.9 Å². The van der Waals surface area contributed by atoms with Crippen molar-refractivity contribution < 1.29 is 14.3 Å². The first kappa shape index (κ1) is 16.9. The molecule has 1 aromatic carbocycles. The van der Waals surface area contributed by atoms with Gasteiger partial charge >= 0.3 is 0 Å². The van der Waals surface area contributed by atoms with Crippen LogP contribution in [-0.2, 0) is 14.3 Å². The molecule has 3 N–H and O–H groups in total. The molecule has 1 aliphatic heterocycles. The molecule has 0 bridgehead atoms. The van der Waals surface area contributed by atoms with Crippen LogP contribution in [0.5, 0.6) is 0 Å². The van der Waals surface area contributed by atoms with Crippen LogP contribution in [0.15, 0.2) is 30.3 Å². The summed E-state index contributed by atoms with van der Waals surface area (Å²) in [6.07, 6.45) is -0.0631. The summed E-state index contributed by atoms with van der Waals surface area (Å²) in [5, 5.41) is 2.88. The summed E-state index contributed by atoms with van der Waals surface area (Å²) in [5.74, 6) is -0.381. The topological polar surface area (TPSA) is 73.6 Å². The van der Waals surface area contributed by atoms with E-state index in [0.717, 1.165) is 5.56 Å². The summed E-state index contributed by atoms with van der Waals surface area (Å²) >= 11 is 0. The molecule has 2 unspecified atom stereocenters. The highest BCUT2D eigenvalue weighted by atomic mass is 35.5. The summed E-state index contributed by atoms with van der Waals surface area (Å²) < 4.78 is 10.8. The van der Waals surface area contributed by atoms with Gasteiger partial charge in [0.05, 0.1) is 31.8 Å². The maximum atomic E-state index is 12.1. The number of nitrogens with two attached hydrogens (primary N) is 1. The Hall–Kier alpha value is -1.14. The number of hydrogen-bond donors (Lipinski definition) is 2. The van der Waals surface area contributed by atoms with E-state index in [-0.39, 0.29) is 36.9 Å². The number of benzene rings is 1. The molecule has 0 aliphatic carbocycles. The van der Waals surface area contributed by atoms with Crippen LogP contribution in [0.3, 0.4) is 0 Å². The van der Waals surface area contributed by atoms with Gasteiger partial charge in [-0.25, -0.2) is 0 Å². The van der Waals surface area contributed by atoms with Crippen molar-refractivity contribution >= 4 is 18.3 Å². The number of carbonyl (C=O) groups excluding carboxylic acids is 1. The molecule has 1 saturated heterocycles. The zero-order valence-corrected chi connectivity index (χ0v) is 12.1. The lowest BCUT2D eigenvalue weighted by molar-refractivity contribution is -0.125. The second kappa shape index (κ2) is 8.92. The number of nitrogens with one attached hydrogen (secondary N) is 1. The van der Waals surface area contributed by atoms with Gasteiger partial charge in [-0.15, -0.1) is 12.4 Å². The number of ether oxygens (including phenoxy) is 2. The quantitative estimate of drug-likeness (QED) is 0.839. The fraction of sp³-hybridized carbons (Fsp3) is 0.500. The third kappa shape index (κ3) is 4.76. The highest BCUT2D eigenvalue weighted by molar-refractivity contribution is 5.85. The molecule has 112 valence electrons. The molecule has 0 saturated carbocycles. The van der Waals surface area contributed by atoms with E-state index in [1.165, 1.54) is 0 Å². The van der Waals surface area contributed by atoms with E-state index in [0.29, 0.717) is 26.4 Å². The molecular formula is C14H21ClN2O3. The Morgan fingerprint density at radius 2 is 2.10 bits per heavy atom. The minimum atomic E-state index is -0.314. The summed E-state index contributed by atoms with van der Waals surface area (Å²) in [7, 11) is 0. The van der Waals surface area contributed by atoms with Gasteiger partial charge < -0.3 is 20.5 Å². The monoisotopic (exact) mass is 300 g/mol. The molecule has 1 heterocycles. The van der Waals surface area contributed by atoms with Gasteiger partial charge in [0.1, 0.15) is 0 Å². The minimum absolute atomic E-state index is 0. The van der Waals surface area contributed by atoms with Crippen molar-refractivity contribution in [2.75, 3.05) is 32.9 Å². The molecule has 6 heteroatoms. The lowest BCUT2D eigenvalue weighted by atomic mass is 9.98. The Morgan fingerprint density at radius 1 is 1.35 bits per heavy atom. The average molecular weight is 301 g/mol. The van der Waals surface area contributed by atoms with E-state index in [2.05, 4.69) is 5.32 Å². The zero-order valence-electron chi connectivity index (χ0n) is 11.3. The molecule has 5 nitrogen and oxygen atoms in total. The van der Waals surface area contributed by atoms with Crippen molar-refractivity contribution in [3.8, 4) is 0 Å². The van der Waals surface area contributed by atoms with Crippen molar-refractivity contribution in [2.24, 2.45) is 5.73 Å². The third-order valence-corrected chi connectivity index (χ3v) is 3.14. The molecule has 2 rings (SSSR count). The molecule has 2 atom stereocenters. The van der Waals surface area contributed by atoms with Gasteiger partial charge in [-0.05, 0) is 5.56 Å². The van der Waals surface area contributed by atoms with E-state index in [4.69, 9.17) is 15.2 Å². The first-order valence-electron chi connectivity index (χ1n) is 6.53. The Labute approximate surface area is 125 Å². The Balaban J connectivity index is 0.00000200. The van der Waals surface area contributed by atoms with Crippen LogP contribution < -0.4 is 11.1 Å². The molecule has 1 aromatic rings. The normalized spacial score (nSPS) is 19.8. The van der Waals surface area contributed by atoms with Gasteiger partial charge in [0, 0.05) is 13.1 Å². The van der Waals surface area contributed by atoms with E-state index in [1.807, 2.05) is 30.3 Å². The standard InChI is InChI=1S/C14H20N2O3.ClH/c15-8-13(11-4-2-1-3-5-11)14(17)16-9-12-10-18-6-7-19-12;/h1-5,12-13H,6-10,15H2,(H,16,17);1H. The van der Waals surface area contributed by atoms with Crippen LogP contribution in [0.1, 0.15) is 11.5 Å². The smallest absolute Gasteiger partial charge is 0.228 e. The first-order valence-corrected chi connectivity index (χ1v) is 6.53. The maximum absolute atomic E-state index is 12.1. The van der Waals surface area contributed by atoms with E-state index in [1.54, 1.807) is 0 Å². The fourth-order valence-corrected chi connectivity index (χ4v) is 2.07. The molecule has 1 aliphatic rings. The summed E-state index contributed by atoms with van der Waals surface area (Å²) in [6, 6.07) is 9.56. The molecule has 1 amide bonds. The maximum Gasteiger partial charge on any atom is 0.228 e. The number of rotatable bonds is 5. The lowest BCUT2D eigenvalue weighted by Gasteiger charge is -2.24. The molecule has 0 spiro atoms. The molecule has 0 aromatic heterocycles. The summed E-state index contributed by atoms with van der Waals surface area (Å²) in [5.41, 5.74) is 6.63. The second-order valence-electron chi connectivity index (χ2n) is 4.51. The summed E-state index contributed by atoms with van der Waals surface area (Å²) in [4.78, 5) is 12.1. The van der Waals surface area contributed by atoms with E-state index >= 15 is 0 Å². The van der Waals surface area contributed by atoms with E-state index < -0.39 is 0 Å². The zero-order chi connectivity index (χ0) is 13.5. The van der Waals surface area contributed by atoms with Gasteiger partial charge in [-0.1, -0.05) is 30.3 Å². The Morgan fingerprint density at radius 3 is 2.70 bits per heavy atom. The van der Waals surface area contributed by atoms with Gasteiger partial charge in [0.25, 0.3) is 0 Å². The van der Waals surface area contributed by atoms with Crippen molar-refractivity contribution in [2.45, 2.75) is 12.0 Å². The minimum Gasteiger partial charge on any atom is -0.376 e. The first-order chi connectivity index (χ1) is 9.31. The Kier molecular flexibility index (Phi) is 7.54. The van der Waals surface area contributed by atoms with Gasteiger partial charge in [0.15, 0.2) is 0 Å². The van der Waals surface area contributed by atoms with Crippen molar-refractivity contribution in [1.82, 2.24) is 5.32 Å². The van der Waals surface area contributed by atoms with Crippen LogP contribution in [-0.4, -0.2) is 44.9 Å². The van der Waals surface area contributed by atoms with E-state index in [9.17, 15) is 4.79 Å². The third-order valence-electron chi connectivity index (χ3n) is 3.14. The second-order valence-corrected chi connectivity index (χ2v) is 4.51. The lowest BCUT2D eigenvalue weighted by Crippen LogP contribution is -2.42. The highest BCUT2D eigenvalue weighted by Gasteiger charge is 2.21. The SMILES string of the molecule is Cl.NCC(C(=O)NCC1COCCO1)c1ccccc1. The van der Waals surface area contributed by atoms with Gasteiger partial charge in [-0.3, -0.25) is 4.79 Å². The molecule has 1 fully saturated rings. The number of hydrogen-bond acceptors (Lipinski definition) is 4. The van der Waals surface area contributed by atoms with Crippen LogP contribution >= 0.6 is 12.4 Å². The van der Waals surface area contributed by atoms with Crippen molar-refractivity contribution in [1.29, 1.82) is 0 Å². The van der Waals surface area contributed by atoms with Crippen LogP contribution in [0, 0.1) is 0 Å². The number of amides is 1. The molecular weight excluding hydrogens is 280 g/mol. The van der Waals surface area contributed by atoms with Crippen LogP contribution in [0.25, 0.3) is 0 Å². The van der Waals surface area contributed by atoms with Crippen LogP contribution in [0.2, 0.25) is 0 Å². The van der Waals surface area contributed by atoms with Crippen LogP contribution in [0.4, 0.5) is 0 Å². The fourth-order valence-electron chi connectivity index (χ4n) is 2.07. The van der Waals surface area contributed by atoms with Crippen molar-refractivity contribution in [3.63, 3.8) is 0 Å². The highest BCUT2D eigenvalue weighted by Crippen LogP contribution is 2.14. The number of halogens is 1. The largest absolute Gasteiger partial charge is 0.376 e. The predicted octanol–water partition coefficient (Wildman–Crippen LogP) is 0.682. The number of carbonyl (C=O) groups is 1. The average Bonchev–Trinajstić information content (AvgIpc) is 2.48. The predicted molar refractivity (Wildman–Crippen MR) is 79.1 cm³/mol. The molecule has 0 radical (unpaired) electrons. The summed E-state index contributed by atoms with van der Waals surface area (Å²) in [6.45, 7) is 2.48. The molecule has 20 heavy (non-hydrogen) atoms. The van der Waals surface area contributed by atoms with Gasteiger partial charge in [0.2, 0.25) is 5.91 Å². The van der Waals surface area contributed by atoms with Gasteiger partial charge in [-0.2, -0.15) is 0 Å².